The van der Waals surface area contributed by atoms with Gasteiger partial charge in [-0.2, -0.15) is 0 Å². The van der Waals surface area contributed by atoms with Crippen LogP contribution < -0.4 is 5.32 Å². The van der Waals surface area contributed by atoms with Crippen LogP contribution in [0.5, 0.6) is 0 Å². The number of hydrogen-bond acceptors (Lipinski definition) is 2. The third kappa shape index (κ3) is 2.08. The van der Waals surface area contributed by atoms with Crippen LogP contribution in [0.15, 0.2) is 0 Å². The van der Waals surface area contributed by atoms with Gasteiger partial charge in [0.2, 0.25) is 5.91 Å². The summed E-state index contributed by atoms with van der Waals surface area (Å²) in [4.78, 5) is 13.8. The quantitative estimate of drug-likeness (QED) is 0.678. The first-order valence-corrected chi connectivity index (χ1v) is 5.77. The van der Waals surface area contributed by atoms with Crippen LogP contribution in [-0.2, 0) is 4.79 Å². The molecule has 1 N–H and O–H groups in total. The molecule has 2 unspecified atom stereocenters. The van der Waals surface area contributed by atoms with Crippen molar-refractivity contribution in [2.45, 2.75) is 38.6 Å². The van der Waals surface area contributed by atoms with Gasteiger partial charge in [0.15, 0.2) is 0 Å². The van der Waals surface area contributed by atoms with Crippen LogP contribution in [0.3, 0.4) is 0 Å². The Morgan fingerprint density at radius 1 is 1.43 bits per heavy atom. The van der Waals surface area contributed by atoms with Gasteiger partial charge in [0.05, 0.1) is 0 Å². The first-order chi connectivity index (χ1) is 6.77. The van der Waals surface area contributed by atoms with E-state index in [-0.39, 0.29) is 0 Å². The van der Waals surface area contributed by atoms with Crippen molar-refractivity contribution in [3.05, 3.63) is 0 Å². The SMILES string of the molecule is CC1CCC(=O)N(C2CCCNC2)C1. The third-order valence-electron chi connectivity index (χ3n) is 3.39. The lowest BCUT2D eigenvalue weighted by Gasteiger charge is -2.39. The molecule has 2 aliphatic rings. The van der Waals surface area contributed by atoms with Gasteiger partial charge < -0.3 is 10.2 Å². The lowest BCUT2D eigenvalue weighted by molar-refractivity contribution is -0.137. The Hall–Kier alpha value is -0.570. The Morgan fingerprint density at radius 3 is 3.00 bits per heavy atom. The highest BCUT2D eigenvalue weighted by atomic mass is 16.2. The Balaban J connectivity index is 1.96. The smallest absolute Gasteiger partial charge is 0.222 e. The number of piperidine rings is 2. The molecule has 0 aliphatic carbocycles. The Bertz CT molecular complexity index is 211. The monoisotopic (exact) mass is 196 g/mol. The van der Waals surface area contributed by atoms with Gasteiger partial charge in [0, 0.05) is 25.6 Å². The van der Waals surface area contributed by atoms with Crippen molar-refractivity contribution in [2.24, 2.45) is 5.92 Å². The van der Waals surface area contributed by atoms with E-state index < -0.39 is 0 Å². The van der Waals surface area contributed by atoms with Crippen molar-refractivity contribution in [3.63, 3.8) is 0 Å². The van der Waals surface area contributed by atoms with E-state index in [0.717, 1.165) is 32.5 Å². The minimum Gasteiger partial charge on any atom is -0.338 e. The lowest BCUT2D eigenvalue weighted by atomic mass is 9.96. The molecule has 0 spiro atoms. The molecule has 3 nitrogen and oxygen atoms in total. The number of rotatable bonds is 1. The fourth-order valence-corrected chi connectivity index (χ4v) is 2.49. The Kier molecular flexibility index (Phi) is 3.06. The molecule has 0 aromatic rings. The van der Waals surface area contributed by atoms with E-state index in [4.69, 9.17) is 0 Å². The zero-order valence-electron chi connectivity index (χ0n) is 8.96. The van der Waals surface area contributed by atoms with Gasteiger partial charge >= 0.3 is 0 Å². The zero-order chi connectivity index (χ0) is 9.97. The molecule has 2 heterocycles. The average molecular weight is 196 g/mol. The summed E-state index contributed by atoms with van der Waals surface area (Å²) in [6.07, 6.45) is 4.24. The molecule has 1 amide bonds. The average Bonchev–Trinajstić information content (AvgIpc) is 2.23. The second-order valence-corrected chi connectivity index (χ2v) is 4.69. The molecule has 0 saturated carbocycles. The molecule has 0 aromatic carbocycles. The Morgan fingerprint density at radius 2 is 2.29 bits per heavy atom. The summed E-state index contributed by atoms with van der Waals surface area (Å²) in [6, 6.07) is 0.471. The van der Waals surface area contributed by atoms with Crippen molar-refractivity contribution in [2.75, 3.05) is 19.6 Å². The number of likely N-dealkylation sites (tertiary alicyclic amines) is 1. The molecular formula is C11H20N2O. The van der Waals surface area contributed by atoms with E-state index in [0.29, 0.717) is 17.9 Å². The number of carbonyl (C=O) groups excluding carboxylic acids is 1. The van der Waals surface area contributed by atoms with Gasteiger partial charge in [-0.3, -0.25) is 4.79 Å². The largest absolute Gasteiger partial charge is 0.338 e. The molecule has 2 rings (SSSR count). The van der Waals surface area contributed by atoms with E-state index in [9.17, 15) is 4.79 Å². The van der Waals surface area contributed by atoms with Gasteiger partial charge in [0.1, 0.15) is 0 Å². The number of amides is 1. The number of nitrogens with one attached hydrogen (secondary N) is 1. The van der Waals surface area contributed by atoms with Gasteiger partial charge in [-0.05, 0) is 31.7 Å². The van der Waals surface area contributed by atoms with Gasteiger partial charge in [-0.25, -0.2) is 0 Å². The summed E-state index contributed by atoms with van der Waals surface area (Å²) in [5.74, 6) is 1.06. The first kappa shape index (κ1) is 9.97. The summed E-state index contributed by atoms with van der Waals surface area (Å²) in [5, 5.41) is 3.37. The summed E-state index contributed by atoms with van der Waals surface area (Å²) in [5.41, 5.74) is 0. The summed E-state index contributed by atoms with van der Waals surface area (Å²) in [7, 11) is 0. The molecule has 2 fully saturated rings. The zero-order valence-corrected chi connectivity index (χ0v) is 8.96. The molecule has 2 saturated heterocycles. The molecule has 0 aromatic heterocycles. The topological polar surface area (TPSA) is 32.3 Å². The van der Waals surface area contributed by atoms with E-state index in [2.05, 4.69) is 17.1 Å². The highest BCUT2D eigenvalue weighted by Crippen LogP contribution is 2.21. The molecule has 3 heteroatoms. The van der Waals surface area contributed by atoms with Crippen LogP contribution in [0.25, 0.3) is 0 Å². The minimum absolute atomic E-state index is 0.372. The van der Waals surface area contributed by atoms with Crippen LogP contribution in [0.2, 0.25) is 0 Å². The first-order valence-electron chi connectivity index (χ1n) is 5.77. The molecule has 0 radical (unpaired) electrons. The predicted octanol–water partition coefficient (Wildman–Crippen LogP) is 0.997. The highest BCUT2D eigenvalue weighted by molar-refractivity contribution is 5.77. The molecular weight excluding hydrogens is 176 g/mol. The van der Waals surface area contributed by atoms with Crippen LogP contribution in [0.4, 0.5) is 0 Å². The lowest BCUT2D eigenvalue weighted by Crippen LogP contribution is -2.51. The predicted molar refractivity (Wildman–Crippen MR) is 56.0 cm³/mol. The van der Waals surface area contributed by atoms with Gasteiger partial charge in [-0.15, -0.1) is 0 Å². The van der Waals surface area contributed by atoms with Crippen LogP contribution in [-0.4, -0.2) is 36.5 Å². The molecule has 2 atom stereocenters. The second kappa shape index (κ2) is 4.30. The standard InChI is InChI=1S/C11H20N2O/c1-9-4-5-11(14)13(8-9)10-3-2-6-12-7-10/h9-10,12H,2-8H2,1H3. The van der Waals surface area contributed by atoms with Crippen LogP contribution in [0, 0.1) is 5.92 Å². The van der Waals surface area contributed by atoms with Crippen molar-refractivity contribution >= 4 is 5.91 Å². The molecule has 0 bridgehead atoms. The van der Waals surface area contributed by atoms with Crippen molar-refractivity contribution in [3.8, 4) is 0 Å². The van der Waals surface area contributed by atoms with Crippen molar-refractivity contribution in [1.82, 2.24) is 10.2 Å². The number of carbonyl (C=O) groups is 1. The third-order valence-corrected chi connectivity index (χ3v) is 3.39. The highest BCUT2D eigenvalue weighted by Gasteiger charge is 2.29. The second-order valence-electron chi connectivity index (χ2n) is 4.69. The maximum Gasteiger partial charge on any atom is 0.222 e. The maximum atomic E-state index is 11.7. The molecule has 80 valence electrons. The van der Waals surface area contributed by atoms with Crippen LogP contribution >= 0.6 is 0 Å². The number of nitrogens with zero attached hydrogens (tertiary/aromatic N) is 1. The van der Waals surface area contributed by atoms with E-state index in [1.54, 1.807) is 0 Å². The van der Waals surface area contributed by atoms with E-state index in [1.807, 2.05) is 0 Å². The van der Waals surface area contributed by atoms with Gasteiger partial charge in [-0.1, -0.05) is 6.92 Å². The fourth-order valence-electron chi connectivity index (χ4n) is 2.49. The van der Waals surface area contributed by atoms with E-state index in [1.165, 1.54) is 12.8 Å². The summed E-state index contributed by atoms with van der Waals surface area (Å²) in [6.45, 7) is 5.34. The van der Waals surface area contributed by atoms with E-state index >= 15 is 0 Å². The maximum absolute atomic E-state index is 11.7. The fraction of sp³-hybridized carbons (Fsp3) is 0.909. The summed E-state index contributed by atoms with van der Waals surface area (Å²) >= 11 is 0. The molecule has 14 heavy (non-hydrogen) atoms. The molecule has 2 aliphatic heterocycles. The normalized spacial score (nSPS) is 34.6. The van der Waals surface area contributed by atoms with Crippen molar-refractivity contribution < 1.29 is 4.79 Å². The van der Waals surface area contributed by atoms with Gasteiger partial charge in [0.25, 0.3) is 0 Å². The Labute approximate surface area is 85.8 Å². The number of hydrogen-bond donors (Lipinski definition) is 1. The van der Waals surface area contributed by atoms with Crippen molar-refractivity contribution in [1.29, 1.82) is 0 Å². The minimum atomic E-state index is 0.372. The van der Waals surface area contributed by atoms with Crippen LogP contribution in [0.1, 0.15) is 32.6 Å². The summed E-state index contributed by atoms with van der Waals surface area (Å²) < 4.78 is 0.